The predicted octanol–water partition coefficient (Wildman–Crippen LogP) is 3.59. The Balaban J connectivity index is 2.06. The van der Waals surface area contributed by atoms with Crippen LogP contribution in [0.3, 0.4) is 0 Å². The minimum Gasteiger partial charge on any atom is -0.444 e. The van der Waals surface area contributed by atoms with E-state index in [9.17, 15) is 28.0 Å². The van der Waals surface area contributed by atoms with Crippen molar-refractivity contribution in [2.45, 2.75) is 52.1 Å². The van der Waals surface area contributed by atoms with Gasteiger partial charge in [0.15, 0.2) is 5.58 Å². The summed E-state index contributed by atoms with van der Waals surface area (Å²) in [6.07, 6.45) is -5.35. The summed E-state index contributed by atoms with van der Waals surface area (Å²) < 4.78 is 50.5. The molecule has 0 aliphatic heterocycles. The number of rotatable bonds is 4. The van der Waals surface area contributed by atoms with Crippen molar-refractivity contribution in [3.63, 3.8) is 0 Å². The summed E-state index contributed by atoms with van der Waals surface area (Å²) >= 11 is 0. The molecule has 4 N–H and O–H groups in total. The molecular weight excluding hydrogens is 445 g/mol. The molecule has 1 amide bonds. The summed E-state index contributed by atoms with van der Waals surface area (Å²) in [5.74, 6) is -1.32. The van der Waals surface area contributed by atoms with Crippen LogP contribution in [0.2, 0.25) is 0 Å². The fourth-order valence-corrected chi connectivity index (χ4v) is 3.08. The van der Waals surface area contributed by atoms with E-state index in [1.807, 2.05) is 0 Å². The molecule has 0 saturated carbocycles. The van der Waals surface area contributed by atoms with Gasteiger partial charge in [0.1, 0.15) is 34.8 Å². The number of H-pyrrole nitrogens is 1. The maximum Gasteiger partial charge on any atom is 0.417 e. The Labute approximate surface area is 185 Å². The first-order valence-electron chi connectivity index (χ1n) is 9.69. The standard InChI is InChI=1S/C20H21F3N6O4/c1-9(20(21,22)23)29-16(25)12(7-24)14(28-29)11-6-5-10(13-15(11)32-18(31)27-13)8-26-17(30)33-19(2,3)4/h5-6,9H,8,25H2,1-4H3,(H,26,30)(H,27,31). The molecule has 13 heteroatoms. The number of oxazole rings is 1. The van der Waals surface area contributed by atoms with Crippen LogP contribution in [0.15, 0.2) is 21.3 Å². The lowest BCUT2D eigenvalue weighted by molar-refractivity contribution is -0.164. The summed E-state index contributed by atoms with van der Waals surface area (Å²) in [7, 11) is 0. The van der Waals surface area contributed by atoms with E-state index in [2.05, 4.69) is 15.4 Å². The Morgan fingerprint density at radius 1 is 1.39 bits per heavy atom. The second-order valence-electron chi connectivity index (χ2n) is 8.23. The summed E-state index contributed by atoms with van der Waals surface area (Å²) in [5, 5.41) is 15.9. The second kappa shape index (κ2) is 8.19. The molecule has 176 valence electrons. The fourth-order valence-electron chi connectivity index (χ4n) is 3.08. The molecule has 1 atom stereocenters. The van der Waals surface area contributed by atoms with Crippen molar-refractivity contribution in [2.75, 3.05) is 5.73 Å². The maximum absolute atomic E-state index is 13.2. The van der Waals surface area contributed by atoms with Crippen LogP contribution < -0.4 is 16.8 Å². The lowest BCUT2D eigenvalue weighted by atomic mass is 10.0. The lowest BCUT2D eigenvalue weighted by Gasteiger charge is -2.19. The normalized spacial score (nSPS) is 13.0. The molecule has 0 aliphatic carbocycles. The molecule has 2 heterocycles. The van der Waals surface area contributed by atoms with Crippen LogP contribution >= 0.6 is 0 Å². The number of hydrogen-bond donors (Lipinski definition) is 3. The van der Waals surface area contributed by atoms with Gasteiger partial charge in [-0.15, -0.1) is 0 Å². The zero-order chi connectivity index (χ0) is 24.7. The summed E-state index contributed by atoms with van der Waals surface area (Å²) in [4.78, 5) is 26.3. The number of nitrogens with two attached hydrogens (primary N) is 1. The third-order valence-electron chi connectivity index (χ3n) is 4.64. The van der Waals surface area contributed by atoms with E-state index in [0.29, 0.717) is 10.2 Å². The molecule has 10 nitrogen and oxygen atoms in total. The monoisotopic (exact) mass is 466 g/mol. The van der Waals surface area contributed by atoms with E-state index in [4.69, 9.17) is 14.9 Å². The number of carbonyl (C=O) groups is 1. The molecule has 0 saturated heterocycles. The number of aromatic amines is 1. The highest BCUT2D eigenvalue weighted by Crippen LogP contribution is 2.37. The number of hydrogen-bond acceptors (Lipinski definition) is 7. The Bertz CT molecular complexity index is 1310. The van der Waals surface area contributed by atoms with Crippen molar-refractivity contribution in [3.05, 3.63) is 33.8 Å². The van der Waals surface area contributed by atoms with Gasteiger partial charge in [-0.3, -0.25) is 4.98 Å². The Hall–Kier alpha value is -3.95. The van der Waals surface area contributed by atoms with Crippen LogP contribution in [0.4, 0.5) is 23.8 Å². The van der Waals surface area contributed by atoms with Gasteiger partial charge in [-0.1, -0.05) is 6.07 Å². The van der Waals surface area contributed by atoms with E-state index in [1.165, 1.54) is 12.1 Å². The molecule has 1 aromatic carbocycles. The summed E-state index contributed by atoms with van der Waals surface area (Å²) in [5.41, 5.74) is 5.23. The van der Waals surface area contributed by atoms with Crippen LogP contribution in [0.5, 0.6) is 0 Å². The maximum atomic E-state index is 13.2. The number of nitrogens with zero attached hydrogens (tertiary/aromatic N) is 3. The van der Waals surface area contributed by atoms with E-state index < -0.39 is 35.5 Å². The van der Waals surface area contributed by atoms with E-state index in [-0.39, 0.29) is 34.5 Å². The van der Waals surface area contributed by atoms with Crippen molar-refractivity contribution >= 4 is 23.0 Å². The molecule has 2 aromatic heterocycles. The number of halogens is 3. The molecule has 0 aliphatic rings. The molecule has 1 unspecified atom stereocenters. The molecular formula is C20H21F3N6O4. The van der Waals surface area contributed by atoms with Crippen LogP contribution in [0.25, 0.3) is 22.4 Å². The number of nitriles is 1. The SMILES string of the molecule is CC(n1nc(-c2ccc(CNC(=O)OC(C)(C)C)c3[nH]c(=O)oc23)c(C#N)c1N)C(F)(F)F. The number of ether oxygens (including phenoxy) is 1. The number of nitrogen functional groups attached to an aromatic ring is 1. The van der Waals surface area contributed by atoms with Gasteiger partial charge in [0.05, 0.1) is 5.52 Å². The van der Waals surface area contributed by atoms with Gasteiger partial charge in [-0.05, 0) is 39.3 Å². The molecule has 3 aromatic rings. The van der Waals surface area contributed by atoms with Crippen molar-refractivity contribution < 1.29 is 27.1 Å². The van der Waals surface area contributed by atoms with E-state index >= 15 is 0 Å². The third kappa shape index (κ3) is 4.79. The Morgan fingerprint density at radius 3 is 2.64 bits per heavy atom. The van der Waals surface area contributed by atoms with Crippen molar-refractivity contribution in [2.24, 2.45) is 0 Å². The van der Waals surface area contributed by atoms with Crippen molar-refractivity contribution in [1.29, 1.82) is 5.26 Å². The first-order chi connectivity index (χ1) is 15.2. The van der Waals surface area contributed by atoms with Gasteiger partial charge in [0.25, 0.3) is 0 Å². The van der Waals surface area contributed by atoms with Crippen LogP contribution in [-0.2, 0) is 11.3 Å². The van der Waals surface area contributed by atoms with Gasteiger partial charge in [0, 0.05) is 12.1 Å². The van der Waals surface area contributed by atoms with Gasteiger partial charge in [-0.2, -0.15) is 23.5 Å². The van der Waals surface area contributed by atoms with Crippen LogP contribution in [0, 0.1) is 11.3 Å². The van der Waals surface area contributed by atoms with Gasteiger partial charge < -0.3 is 20.2 Å². The number of amides is 1. The molecule has 0 bridgehead atoms. The number of alkyl carbamates (subject to hydrolysis) is 1. The zero-order valence-corrected chi connectivity index (χ0v) is 18.1. The smallest absolute Gasteiger partial charge is 0.417 e. The highest BCUT2D eigenvalue weighted by Gasteiger charge is 2.40. The highest BCUT2D eigenvalue weighted by atomic mass is 19.4. The number of benzene rings is 1. The average molecular weight is 466 g/mol. The summed E-state index contributed by atoms with van der Waals surface area (Å²) in [6, 6.07) is 2.58. The number of anilines is 1. The van der Waals surface area contributed by atoms with Gasteiger partial charge in [-0.25, -0.2) is 14.3 Å². The van der Waals surface area contributed by atoms with E-state index in [0.717, 1.165) is 6.92 Å². The van der Waals surface area contributed by atoms with Gasteiger partial charge in [0.2, 0.25) is 0 Å². The Kier molecular flexibility index (Phi) is 5.89. The second-order valence-corrected chi connectivity index (χ2v) is 8.23. The number of nitrogens with one attached hydrogen (secondary N) is 2. The molecule has 0 fully saturated rings. The number of carbonyl (C=O) groups excluding carboxylic acids is 1. The lowest BCUT2D eigenvalue weighted by Crippen LogP contribution is -2.32. The first-order valence-corrected chi connectivity index (χ1v) is 9.69. The average Bonchev–Trinajstić information content (AvgIpc) is 3.22. The molecule has 3 rings (SSSR count). The largest absolute Gasteiger partial charge is 0.444 e. The Morgan fingerprint density at radius 2 is 2.06 bits per heavy atom. The minimum absolute atomic E-state index is 0.0477. The highest BCUT2D eigenvalue weighted by molar-refractivity contribution is 5.93. The molecule has 33 heavy (non-hydrogen) atoms. The predicted molar refractivity (Wildman–Crippen MR) is 111 cm³/mol. The van der Waals surface area contributed by atoms with Gasteiger partial charge >= 0.3 is 18.0 Å². The number of fused-ring (bicyclic) bond motifs is 1. The minimum atomic E-state index is -4.66. The van der Waals surface area contributed by atoms with Crippen LogP contribution in [-0.4, -0.2) is 32.6 Å². The van der Waals surface area contributed by atoms with Crippen molar-refractivity contribution in [3.8, 4) is 17.3 Å². The van der Waals surface area contributed by atoms with E-state index in [1.54, 1.807) is 26.8 Å². The quantitative estimate of drug-likeness (QED) is 0.531. The first kappa shape index (κ1) is 23.7. The summed E-state index contributed by atoms with van der Waals surface area (Å²) in [6.45, 7) is 5.90. The number of aromatic nitrogens is 3. The van der Waals surface area contributed by atoms with Crippen LogP contribution in [0.1, 0.15) is 44.9 Å². The number of alkyl halides is 3. The van der Waals surface area contributed by atoms with Crippen molar-refractivity contribution in [1.82, 2.24) is 20.1 Å². The molecule has 0 radical (unpaired) electrons. The fraction of sp³-hybridized carbons (Fsp3) is 0.400. The third-order valence-corrected chi connectivity index (χ3v) is 4.64. The zero-order valence-electron chi connectivity index (χ0n) is 18.1. The molecule has 0 spiro atoms. The topological polar surface area (TPSA) is 152 Å².